The first-order valence-electron chi connectivity index (χ1n) is 7.54. The van der Waals surface area contributed by atoms with Gasteiger partial charge in [-0.25, -0.2) is 0 Å². The average molecular weight is 316 g/mol. The van der Waals surface area contributed by atoms with E-state index in [1.807, 2.05) is 31.2 Å². The van der Waals surface area contributed by atoms with Crippen molar-refractivity contribution in [1.82, 2.24) is 10.5 Å². The summed E-state index contributed by atoms with van der Waals surface area (Å²) in [6.07, 6.45) is 0.810. The number of rotatable bonds is 6. The minimum Gasteiger partial charge on any atom is -0.497 e. The fourth-order valence-electron chi connectivity index (χ4n) is 2.76. The molecule has 0 spiro atoms. The molecule has 1 amide bonds. The molecule has 0 saturated heterocycles. The van der Waals surface area contributed by atoms with Gasteiger partial charge < -0.3 is 19.3 Å². The quantitative estimate of drug-likeness (QED) is 0.886. The Morgan fingerprint density at radius 3 is 2.83 bits per heavy atom. The van der Waals surface area contributed by atoms with Crippen molar-refractivity contribution in [2.75, 3.05) is 14.2 Å². The highest BCUT2D eigenvalue weighted by molar-refractivity contribution is 5.83. The van der Waals surface area contributed by atoms with Gasteiger partial charge in [0.25, 0.3) is 0 Å². The zero-order valence-electron chi connectivity index (χ0n) is 13.5. The van der Waals surface area contributed by atoms with Crippen molar-refractivity contribution in [2.24, 2.45) is 5.92 Å². The minimum atomic E-state index is -0.0416. The maximum absolute atomic E-state index is 12.3. The lowest BCUT2D eigenvalue weighted by Crippen LogP contribution is -2.24. The van der Waals surface area contributed by atoms with Crippen molar-refractivity contribution >= 4 is 5.91 Å². The monoisotopic (exact) mass is 316 g/mol. The van der Waals surface area contributed by atoms with Crippen molar-refractivity contribution in [2.45, 2.75) is 25.8 Å². The highest BCUT2D eigenvalue weighted by Crippen LogP contribution is 2.51. The Morgan fingerprint density at radius 2 is 2.17 bits per heavy atom. The van der Waals surface area contributed by atoms with E-state index in [0.717, 1.165) is 29.2 Å². The number of ether oxygens (including phenoxy) is 2. The second-order valence-electron chi connectivity index (χ2n) is 5.71. The van der Waals surface area contributed by atoms with Crippen LogP contribution in [0.25, 0.3) is 0 Å². The van der Waals surface area contributed by atoms with Gasteiger partial charge in [-0.2, -0.15) is 0 Å². The molecule has 1 aliphatic carbocycles. The number of benzene rings is 1. The SMILES string of the molecule is COc1ccc(OC)c([C@H]2C[C@@H]2C(=O)NCc2cc(C)no2)c1. The van der Waals surface area contributed by atoms with Gasteiger partial charge in [0.05, 0.1) is 26.5 Å². The number of nitrogens with zero attached hydrogens (tertiary/aromatic N) is 1. The predicted octanol–water partition coefficient (Wildman–Crippen LogP) is 2.42. The third-order valence-electron chi connectivity index (χ3n) is 4.08. The molecule has 1 aromatic carbocycles. The van der Waals surface area contributed by atoms with Crippen molar-refractivity contribution in [1.29, 1.82) is 0 Å². The Bertz CT molecular complexity index is 710. The predicted molar refractivity (Wildman–Crippen MR) is 83.5 cm³/mol. The van der Waals surface area contributed by atoms with Gasteiger partial charge in [0.15, 0.2) is 5.76 Å². The summed E-state index contributed by atoms with van der Waals surface area (Å²) < 4.78 is 15.7. The van der Waals surface area contributed by atoms with Crippen molar-refractivity contribution in [3.05, 3.63) is 41.3 Å². The first kappa shape index (κ1) is 15.4. The van der Waals surface area contributed by atoms with Crippen LogP contribution in [-0.2, 0) is 11.3 Å². The maximum Gasteiger partial charge on any atom is 0.224 e. The lowest BCUT2D eigenvalue weighted by Gasteiger charge is -2.10. The average Bonchev–Trinajstić information content (AvgIpc) is 3.27. The van der Waals surface area contributed by atoms with Gasteiger partial charge in [0, 0.05) is 23.5 Å². The summed E-state index contributed by atoms with van der Waals surface area (Å²) in [5, 5.41) is 6.70. The fourth-order valence-corrected chi connectivity index (χ4v) is 2.76. The molecule has 1 saturated carbocycles. The van der Waals surface area contributed by atoms with Crippen LogP contribution in [-0.4, -0.2) is 25.3 Å². The summed E-state index contributed by atoms with van der Waals surface area (Å²) in [5.74, 6) is 2.36. The number of amides is 1. The molecule has 0 radical (unpaired) electrons. The van der Waals surface area contributed by atoms with E-state index in [-0.39, 0.29) is 17.7 Å². The van der Waals surface area contributed by atoms with Crippen LogP contribution in [0.3, 0.4) is 0 Å². The molecule has 122 valence electrons. The summed E-state index contributed by atoms with van der Waals surface area (Å²) in [4.78, 5) is 12.3. The number of methoxy groups -OCH3 is 2. The first-order chi connectivity index (χ1) is 11.1. The molecule has 0 bridgehead atoms. The number of carbonyl (C=O) groups excluding carboxylic acids is 1. The maximum atomic E-state index is 12.3. The van der Waals surface area contributed by atoms with Gasteiger partial charge in [0.2, 0.25) is 5.91 Å². The number of nitrogens with one attached hydrogen (secondary N) is 1. The van der Waals surface area contributed by atoms with Gasteiger partial charge in [-0.3, -0.25) is 4.79 Å². The normalized spacial score (nSPS) is 19.3. The molecular formula is C17H20N2O4. The number of hydrogen-bond acceptors (Lipinski definition) is 5. The Labute approximate surface area is 134 Å². The summed E-state index contributed by atoms with van der Waals surface area (Å²) >= 11 is 0. The van der Waals surface area contributed by atoms with Crippen molar-refractivity contribution in [3.8, 4) is 11.5 Å². The van der Waals surface area contributed by atoms with E-state index in [9.17, 15) is 4.79 Å². The topological polar surface area (TPSA) is 73.6 Å². The van der Waals surface area contributed by atoms with Crippen LogP contribution < -0.4 is 14.8 Å². The summed E-state index contributed by atoms with van der Waals surface area (Å²) in [6.45, 7) is 2.21. The molecular weight excluding hydrogens is 296 g/mol. The zero-order valence-corrected chi connectivity index (χ0v) is 13.5. The number of aryl methyl sites for hydroxylation is 1. The molecule has 0 aliphatic heterocycles. The van der Waals surface area contributed by atoms with Crippen molar-refractivity contribution in [3.63, 3.8) is 0 Å². The fraction of sp³-hybridized carbons (Fsp3) is 0.412. The molecule has 1 aromatic heterocycles. The third-order valence-corrected chi connectivity index (χ3v) is 4.08. The van der Waals surface area contributed by atoms with Crippen LogP contribution in [0.5, 0.6) is 11.5 Å². The van der Waals surface area contributed by atoms with Crippen LogP contribution in [0.2, 0.25) is 0 Å². The Kier molecular flexibility index (Phi) is 4.23. The Hall–Kier alpha value is -2.50. The molecule has 0 unspecified atom stereocenters. The van der Waals surface area contributed by atoms with Gasteiger partial charge in [-0.05, 0) is 31.5 Å². The molecule has 3 rings (SSSR count). The number of aromatic nitrogens is 1. The van der Waals surface area contributed by atoms with Crippen LogP contribution in [0.15, 0.2) is 28.8 Å². The molecule has 6 heteroatoms. The first-order valence-corrected chi connectivity index (χ1v) is 7.54. The molecule has 2 atom stereocenters. The molecule has 1 fully saturated rings. The second kappa shape index (κ2) is 6.32. The van der Waals surface area contributed by atoms with E-state index >= 15 is 0 Å². The largest absolute Gasteiger partial charge is 0.497 e. The smallest absolute Gasteiger partial charge is 0.224 e. The summed E-state index contributed by atoms with van der Waals surface area (Å²) in [5.41, 5.74) is 1.82. The summed E-state index contributed by atoms with van der Waals surface area (Å²) in [6, 6.07) is 7.48. The van der Waals surface area contributed by atoms with E-state index in [4.69, 9.17) is 14.0 Å². The highest BCUT2D eigenvalue weighted by atomic mass is 16.5. The molecule has 1 heterocycles. The third kappa shape index (κ3) is 3.31. The van der Waals surface area contributed by atoms with E-state index in [1.54, 1.807) is 14.2 Å². The minimum absolute atomic E-state index is 0.0222. The highest BCUT2D eigenvalue weighted by Gasteiger charge is 2.45. The lowest BCUT2D eigenvalue weighted by atomic mass is 10.1. The van der Waals surface area contributed by atoms with Gasteiger partial charge in [0.1, 0.15) is 11.5 Å². The van der Waals surface area contributed by atoms with Crippen LogP contribution in [0, 0.1) is 12.8 Å². The summed E-state index contributed by atoms with van der Waals surface area (Å²) in [7, 11) is 3.26. The molecule has 6 nitrogen and oxygen atoms in total. The zero-order chi connectivity index (χ0) is 16.4. The van der Waals surface area contributed by atoms with Crippen LogP contribution in [0.1, 0.15) is 29.4 Å². The molecule has 2 aromatic rings. The number of hydrogen-bond donors (Lipinski definition) is 1. The Morgan fingerprint density at radius 1 is 1.35 bits per heavy atom. The molecule has 23 heavy (non-hydrogen) atoms. The molecule has 1 N–H and O–H groups in total. The standard InChI is InChI=1S/C17H20N2O4/c1-10-6-12(23-19-10)9-18-17(20)15-8-13(15)14-7-11(21-2)4-5-16(14)22-3/h4-7,13,15H,8-9H2,1-3H3,(H,18,20)/t13-,15+/m1/s1. The van der Waals surface area contributed by atoms with E-state index in [2.05, 4.69) is 10.5 Å². The second-order valence-corrected chi connectivity index (χ2v) is 5.71. The molecule has 1 aliphatic rings. The van der Waals surface area contributed by atoms with Crippen LogP contribution >= 0.6 is 0 Å². The lowest BCUT2D eigenvalue weighted by molar-refractivity contribution is -0.122. The van der Waals surface area contributed by atoms with Gasteiger partial charge in [-0.1, -0.05) is 5.16 Å². The van der Waals surface area contributed by atoms with Crippen LogP contribution in [0.4, 0.5) is 0 Å². The number of carbonyl (C=O) groups is 1. The van der Waals surface area contributed by atoms with E-state index in [1.165, 1.54) is 0 Å². The van der Waals surface area contributed by atoms with E-state index in [0.29, 0.717) is 12.3 Å². The van der Waals surface area contributed by atoms with Gasteiger partial charge in [-0.15, -0.1) is 0 Å². The van der Waals surface area contributed by atoms with E-state index < -0.39 is 0 Å². The van der Waals surface area contributed by atoms with Gasteiger partial charge >= 0.3 is 0 Å². The van der Waals surface area contributed by atoms with Crippen molar-refractivity contribution < 1.29 is 18.8 Å². The Balaban J connectivity index is 1.63.